The number of rotatable bonds is 4. The van der Waals surface area contributed by atoms with E-state index in [1.165, 1.54) is 0 Å². The van der Waals surface area contributed by atoms with Gasteiger partial charge in [-0.05, 0) is 25.5 Å². The van der Waals surface area contributed by atoms with Crippen molar-refractivity contribution in [3.8, 4) is 0 Å². The third-order valence-corrected chi connectivity index (χ3v) is 3.08. The van der Waals surface area contributed by atoms with Crippen molar-refractivity contribution in [2.75, 3.05) is 13.2 Å². The van der Waals surface area contributed by atoms with Gasteiger partial charge in [0, 0.05) is 18.1 Å². The minimum atomic E-state index is -0.448. The van der Waals surface area contributed by atoms with E-state index in [4.69, 9.17) is 21.1 Å². The van der Waals surface area contributed by atoms with Crippen molar-refractivity contribution in [1.29, 1.82) is 0 Å². The van der Waals surface area contributed by atoms with Crippen LogP contribution in [0.15, 0.2) is 24.3 Å². The van der Waals surface area contributed by atoms with Gasteiger partial charge in [-0.1, -0.05) is 29.8 Å². The summed E-state index contributed by atoms with van der Waals surface area (Å²) >= 11 is 6.07. The Kier molecular flexibility index (Phi) is 4.05. The Morgan fingerprint density at radius 1 is 1.41 bits per heavy atom. The molecule has 0 bridgehead atoms. The molecule has 94 valence electrons. The second kappa shape index (κ2) is 5.36. The molecule has 1 heterocycles. The van der Waals surface area contributed by atoms with E-state index in [0.717, 1.165) is 23.7 Å². The molecule has 4 heteroatoms. The topological polar surface area (TPSA) is 30.5 Å². The average molecular weight is 256 g/mol. The first-order valence-electron chi connectivity index (χ1n) is 5.83. The van der Waals surface area contributed by atoms with Crippen LogP contribution in [0.1, 0.15) is 19.4 Å². The lowest BCUT2D eigenvalue weighted by Gasteiger charge is -2.17. The largest absolute Gasteiger partial charge is 0.348 e. The van der Waals surface area contributed by atoms with Crippen LogP contribution in [0.4, 0.5) is 0 Å². The highest BCUT2D eigenvalue weighted by Gasteiger charge is 2.32. The van der Waals surface area contributed by atoms with E-state index in [1.54, 1.807) is 0 Å². The van der Waals surface area contributed by atoms with Gasteiger partial charge in [0.1, 0.15) is 0 Å². The van der Waals surface area contributed by atoms with E-state index >= 15 is 0 Å². The van der Waals surface area contributed by atoms with Crippen molar-refractivity contribution in [3.05, 3.63) is 34.9 Å². The molecule has 0 aliphatic carbocycles. The minimum absolute atomic E-state index is 0.118. The van der Waals surface area contributed by atoms with Crippen LogP contribution in [0, 0.1) is 0 Å². The first-order chi connectivity index (χ1) is 8.07. The van der Waals surface area contributed by atoms with Crippen LogP contribution in [-0.2, 0) is 16.0 Å². The molecule has 1 N–H and O–H groups in total. The predicted molar refractivity (Wildman–Crippen MR) is 68.1 cm³/mol. The van der Waals surface area contributed by atoms with E-state index < -0.39 is 5.79 Å². The summed E-state index contributed by atoms with van der Waals surface area (Å²) in [7, 11) is 0. The summed E-state index contributed by atoms with van der Waals surface area (Å²) in [5.74, 6) is -0.448. The zero-order valence-corrected chi connectivity index (χ0v) is 11.0. The molecule has 0 saturated carbocycles. The maximum atomic E-state index is 6.07. The summed E-state index contributed by atoms with van der Waals surface area (Å²) in [4.78, 5) is 0. The van der Waals surface area contributed by atoms with E-state index in [1.807, 2.05) is 38.1 Å². The lowest BCUT2D eigenvalue weighted by Crippen LogP contribution is -2.30. The monoisotopic (exact) mass is 255 g/mol. The van der Waals surface area contributed by atoms with Gasteiger partial charge in [0.2, 0.25) is 0 Å². The molecule has 0 amide bonds. The Hall–Kier alpha value is -0.610. The lowest BCUT2D eigenvalue weighted by molar-refractivity contribution is -0.137. The first kappa shape index (κ1) is 12.8. The van der Waals surface area contributed by atoms with Gasteiger partial charge in [-0.25, -0.2) is 0 Å². The Morgan fingerprint density at radius 3 is 2.82 bits per heavy atom. The van der Waals surface area contributed by atoms with Crippen LogP contribution in [0.25, 0.3) is 0 Å². The molecule has 1 fully saturated rings. The van der Waals surface area contributed by atoms with Crippen molar-refractivity contribution in [2.24, 2.45) is 0 Å². The number of halogens is 1. The summed E-state index contributed by atoms with van der Waals surface area (Å²) in [5, 5.41) is 4.13. The molecule has 1 saturated heterocycles. The van der Waals surface area contributed by atoms with Crippen molar-refractivity contribution < 1.29 is 9.47 Å². The average Bonchev–Trinajstić information content (AvgIpc) is 2.61. The van der Waals surface area contributed by atoms with Crippen LogP contribution < -0.4 is 5.32 Å². The van der Waals surface area contributed by atoms with Crippen LogP contribution in [0.2, 0.25) is 5.02 Å². The standard InChI is InChI=1S/C13H18ClNO2/c1-13(2)16-9-11(17-13)8-15-7-10-5-3-4-6-12(10)14/h3-6,11,15H,7-9H2,1-2H3. The molecule has 17 heavy (non-hydrogen) atoms. The van der Waals surface area contributed by atoms with Gasteiger partial charge in [-0.2, -0.15) is 0 Å². The van der Waals surface area contributed by atoms with Crippen LogP contribution in [0.5, 0.6) is 0 Å². The molecule has 1 atom stereocenters. The fraction of sp³-hybridized carbons (Fsp3) is 0.538. The second-order valence-electron chi connectivity index (χ2n) is 4.67. The number of benzene rings is 1. The quantitative estimate of drug-likeness (QED) is 0.897. The number of hydrogen-bond acceptors (Lipinski definition) is 3. The van der Waals surface area contributed by atoms with E-state index in [0.29, 0.717) is 6.61 Å². The second-order valence-corrected chi connectivity index (χ2v) is 5.08. The summed E-state index contributed by atoms with van der Waals surface area (Å²) in [6.07, 6.45) is 0.118. The molecule has 1 unspecified atom stereocenters. The zero-order chi connectivity index (χ0) is 12.3. The fourth-order valence-corrected chi connectivity index (χ4v) is 2.08. The first-order valence-corrected chi connectivity index (χ1v) is 6.20. The molecular formula is C13H18ClNO2. The normalized spacial score (nSPS) is 22.9. The third-order valence-electron chi connectivity index (χ3n) is 2.71. The Labute approximate surface area is 107 Å². The van der Waals surface area contributed by atoms with Crippen molar-refractivity contribution in [1.82, 2.24) is 5.32 Å². The van der Waals surface area contributed by atoms with Gasteiger partial charge < -0.3 is 14.8 Å². The molecule has 1 aliphatic rings. The van der Waals surface area contributed by atoms with Crippen molar-refractivity contribution in [3.63, 3.8) is 0 Å². The van der Waals surface area contributed by atoms with Crippen LogP contribution in [-0.4, -0.2) is 25.0 Å². The summed E-state index contributed by atoms with van der Waals surface area (Å²) in [6.45, 7) is 6.03. The highest BCUT2D eigenvalue weighted by Crippen LogP contribution is 2.22. The summed E-state index contributed by atoms with van der Waals surface area (Å²) < 4.78 is 11.2. The maximum Gasteiger partial charge on any atom is 0.163 e. The zero-order valence-electron chi connectivity index (χ0n) is 10.2. The predicted octanol–water partition coefficient (Wildman–Crippen LogP) is 2.58. The molecule has 0 radical (unpaired) electrons. The van der Waals surface area contributed by atoms with Gasteiger partial charge in [-0.15, -0.1) is 0 Å². The molecule has 0 spiro atoms. The Bertz CT molecular complexity index is 381. The Balaban J connectivity index is 1.76. The highest BCUT2D eigenvalue weighted by atomic mass is 35.5. The van der Waals surface area contributed by atoms with Crippen LogP contribution in [0.3, 0.4) is 0 Å². The van der Waals surface area contributed by atoms with E-state index in [2.05, 4.69) is 5.32 Å². The minimum Gasteiger partial charge on any atom is -0.348 e. The number of hydrogen-bond donors (Lipinski definition) is 1. The van der Waals surface area contributed by atoms with Gasteiger partial charge in [-0.3, -0.25) is 0 Å². The molecule has 1 aromatic carbocycles. The molecule has 0 aromatic heterocycles. The molecular weight excluding hydrogens is 238 g/mol. The van der Waals surface area contributed by atoms with Crippen molar-refractivity contribution >= 4 is 11.6 Å². The maximum absolute atomic E-state index is 6.07. The molecule has 1 aromatic rings. The summed E-state index contributed by atoms with van der Waals surface area (Å²) in [5.41, 5.74) is 1.10. The highest BCUT2D eigenvalue weighted by molar-refractivity contribution is 6.31. The van der Waals surface area contributed by atoms with E-state index in [-0.39, 0.29) is 6.10 Å². The Morgan fingerprint density at radius 2 is 2.18 bits per heavy atom. The van der Waals surface area contributed by atoms with Crippen molar-refractivity contribution in [2.45, 2.75) is 32.3 Å². The van der Waals surface area contributed by atoms with Gasteiger partial charge in [0.25, 0.3) is 0 Å². The fourth-order valence-electron chi connectivity index (χ4n) is 1.87. The molecule has 2 rings (SSSR count). The van der Waals surface area contributed by atoms with Gasteiger partial charge >= 0.3 is 0 Å². The lowest BCUT2D eigenvalue weighted by atomic mass is 10.2. The molecule has 3 nitrogen and oxygen atoms in total. The van der Waals surface area contributed by atoms with Crippen LogP contribution >= 0.6 is 11.6 Å². The SMILES string of the molecule is CC1(C)OCC(CNCc2ccccc2Cl)O1. The molecule has 1 aliphatic heterocycles. The third kappa shape index (κ3) is 3.68. The van der Waals surface area contributed by atoms with E-state index in [9.17, 15) is 0 Å². The van der Waals surface area contributed by atoms with Gasteiger partial charge in [0.05, 0.1) is 12.7 Å². The number of ether oxygens (including phenoxy) is 2. The number of nitrogens with one attached hydrogen (secondary N) is 1. The smallest absolute Gasteiger partial charge is 0.163 e. The van der Waals surface area contributed by atoms with Gasteiger partial charge in [0.15, 0.2) is 5.79 Å². The summed E-state index contributed by atoms with van der Waals surface area (Å²) in [6, 6.07) is 7.84.